The van der Waals surface area contributed by atoms with Crippen molar-refractivity contribution < 1.29 is 42.1 Å². The lowest BCUT2D eigenvalue weighted by Crippen LogP contribution is -2.37. The first-order chi connectivity index (χ1) is 42.5. The van der Waals surface area contributed by atoms with E-state index in [2.05, 4.69) is 160 Å². The zero-order valence-corrected chi connectivity index (χ0v) is 57.3. The topological polar surface area (TPSA) is 111 Å². The molecule has 0 saturated heterocycles. The third-order valence-corrected chi connectivity index (χ3v) is 15.6. The normalized spacial score (nSPS) is 14.0. The fourth-order valence-electron chi connectivity index (χ4n) is 9.29. The number of carbonyl (C=O) groups excluding carboxylic acids is 2. The van der Waals surface area contributed by atoms with Crippen LogP contribution in [0.5, 0.6) is 0 Å². The Labute approximate surface area is 535 Å². The standard InChI is InChI=1S/C77H130NO8P/c1-6-8-10-12-14-16-18-20-22-24-26-28-30-31-32-33-34-35-36-37-38-39-40-41-42-43-44-45-46-47-48-50-52-54-56-58-60-62-64-66-68-70-77(80)86-75(74-85-87(81,82)84-72-71-78(3,4)5)73-83-76(79)69-67-65-63-61-59-57-55-53-51-49-29-27-25-23-21-19-17-15-13-11-9-7-2/h8,10,14,16,20,22,26,28,31-32,34-35,37-38,40-41,43-44,46-47,50,52,56,58,75H,6-7,9,11-13,15,17-19,21,23-25,27,29-30,33,36,39,42,45,48-49,51,53-55,57,59-74H2,1-5H3/b10-8-,16-14-,22-20-,28-26-,32-31-,35-34-,38-37-,41-40-,44-43-,47-46-,52-50-,58-56-. The highest BCUT2D eigenvalue weighted by Gasteiger charge is 2.22. The molecule has 87 heavy (non-hydrogen) atoms. The van der Waals surface area contributed by atoms with Crippen molar-refractivity contribution in [3.05, 3.63) is 146 Å². The minimum absolute atomic E-state index is 0.0418. The van der Waals surface area contributed by atoms with E-state index in [0.29, 0.717) is 17.4 Å². The number of carbonyl (C=O) groups is 2. The summed E-state index contributed by atoms with van der Waals surface area (Å²) in [4.78, 5) is 38.0. The number of likely N-dealkylation sites (N-methyl/N-ethyl adjacent to an activating group) is 1. The zero-order valence-electron chi connectivity index (χ0n) is 56.4. The van der Waals surface area contributed by atoms with Crippen molar-refractivity contribution in [2.45, 2.75) is 283 Å². The lowest BCUT2D eigenvalue weighted by atomic mass is 10.0. The predicted octanol–water partition coefficient (Wildman–Crippen LogP) is 22.4. The fraction of sp³-hybridized carbons (Fsp3) is 0.662. The molecule has 0 aromatic rings. The number of quaternary nitrogens is 1. The predicted molar refractivity (Wildman–Crippen MR) is 374 cm³/mol. The van der Waals surface area contributed by atoms with Crippen LogP contribution in [0, 0.1) is 0 Å². The first-order valence-electron chi connectivity index (χ1n) is 35.0. The molecule has 9 nitrogen and oxygen atoms in total. The van der Waals surface area contributed by atoms with Crippen LogP contribution in [0.3, 0.4) is 0 Å². The van der Waals surface area contributed by atoms with Crippen molar-refractivity contribution in [2.75, 3.05) is 47.5 Å². The average Bonchev–Trinajstić information content (AvgIpc) is 3.50. The lowest BCUT2D eigenvalue weighted by molar-refractivity contribution is -0.870. The van der Waals surface area contributed by atoms with Crippen molar-refractivity contribution in [2.24, 2.45) is 0 Å². The van der Waals surface area contributed by atoms with Gasteiger partial charge >= 0.3 is 11.9 Å². The second-order valence-corrected chi connectivity index (χ2v) is 25.6. The maximum Gasteiger partial charge on any atom is 0.306 e. The van der Waals surface area contributed by atoms with Crippen molar-refractivity contribution in [3.8, 4) is 0 Å². The second kappa shape index (κ2) is 66.3. The average molecular weight is 1230 g/mol. The van der Waals surface area contributed by atoms with E-state index in [1.807, 2.05) is 21.1 Å². The molecule has 0 aromatic carbocycles. The molecule has 0 N–H and O–H groups in total. The summed E-state index contributed by atoms with van der Waals surface area (Å²) in [7, 11) is 1.14. The summed E-state index contributed by atoms with van der Waals surface area (Å²) in [5.74, 6) is -0.862. The molecule has 10 heteroatoms. The van der Waals surface area contributed by atoms with Crippen LogP contribution in [-0.4, -0.2) is 70.0 Å². The molecule has 0 aliphatic heterocycles. The molecule has 0 bridgehead atoms. The summed E-state index contributed by atoms with van der Waals surface area (Å²) in [6.07, 6.45) is 97.8. The maximum absolute atomic E-state index is 12.8. The summed E-state index contributed by atoms with van der Waals surface area (Å²) < 4.78 is 34.2. The molecule has 2 atom stereocenters. The Kier molecular flexibility index (Phi) is 63.2. The van der Waals surface area contributed by atoms with Gasteiger partial charge in [0.25, 0.3) is 7.82 Å². The van der Waals surface area contributed by atoms with Gasteiger partial charge in [0.15, 0.2) is 6.10 Å². The first kappa shape index (κ1) is 82.9. The Bertz CT molecular complexity index is 1980. The number of hydrogen-bond acceptors (Lipinski definition) is 8. The zero-order chi connectivity index (χ0) is 63.4. The van der Waals surface area contributed by atoms with Gasteiger partial charge in [-0.05, 0) is 103 Å². The van der Waals surface area contributed by atoms with Gasteiger partial charge in [0.2, 0.25) is 0 Å². The van der Waals surface area contributed by atoms with E-state index in [-0.39, 0.29) is 26.1 Å². The highest BCUT2D eigenvalue weighted by atomic mass is 31.2. The van der Waals surface area contributed by atoms with Crippen molar-refractivity contribution in [1.82, 2.24) is 0 Å². The number of unbranched alkanes of at least 4 members (excludes halogenated alkanes) is 25. The summed E-state index contributed by atoms with van der Waals surface area (Å²) in [5, 5.41) is 0. The third-order valence-electron chi connectivity index (χ3n) is 14.6. The first-order valence-corrected chi connectivity index (χ1v) is 36.5. The quantitative estimate of drug-likeness (QED) is 0.0195. The highest BCUT2D eigenvalue weighted by Crippen LogP contribution is 2.38. The molecule has 2 unspecified atom stereocenters. The minimum Gasteiger partial charge on any atom is -0.756 e. The number of allylic oxidation sites excluding steroid dienone is 24. The molecule has 0 aliphatic carbocycles. The molecule has 0 aromatic heterocycles. The summed E-state index contributed by atoms with van der Waals surface area (Å²) in [5.41, 5.74) is 0. The van der Waals surface area contributed by atoms with Crippen LogP contribution in [0.15, 0.2) is 146 Å². The number of nitrogens with zero attached hydrogens (tertiary/aromatic N) is 1. The molecular weight excluding hydrogens is 1100 g/mol. The lowest BCUT2D eigenvalue weighted by Gasteiger charge is -2.28. The van der Waals surface area contributed by atoms with E-state index >= 15 is 0 Å². The Hall–Kier alpha value is -4.11. The molecular formula is C77H130NO8P. The Morgan fingerprint density at radius 3 is 0.977 bits per heavy atom. The van der Waals surface area contributed by atoms with Crippen molar-refractivity contribution in [3.63, 3.8) is 0 Å². The van der Waals surface area contributed by atoms with Crippen molar-refractivity contribution in [1.29, 1.82) is 0 Å². The van der Waals surface area contributed by atoms with Crippen LogP contribution < -0.4 is 4.89 Å². The Morgan fingerprint density at radius 1 is 0.368 bits per heavy atom. The number of esters is 2. The van der Waals surface area contributed by atoms with Crippen LogP contribution in [0.1, 0.15) is 277 Å². The number of phosphoric ester groups is 1. The van der Waals surface area contributed by atoms with Crippen LogP contribution in [0.2, 0.25) is 0 Å². The van der Waals surface area contributed by atoms with Gasteiger partial charge in [-0.2, -0.15) is 0 Å². The smallest absolute Gasteiger partial charge is 0.306 e. The van der Waals surface area contributed by atoms with E-state index < -0.39 is 32.5 Å². The SMILES string of the molecule is CC/C=C\C/C=C\C/C=C\C/C=C\C/C=C\C/C=C\C/C=C\C/C=C\C/C=C\C/C=C\C/C=C\C/C=C\CCCCCCC(=O)OC(COC(=O)CCCCCCCCCCCCCCCCCCCCCCCC)COP(=O)([O-])OCC[N+](C)(C)C. The van der Waals surface area contributed by atoms with Gasteiger partial charge in [-0.25, -0.2) is 0 Å². The largest absolute Gasteiger partial charge is 0.756 e. The Morgan fingerprint density at radius 2 is 0.655 bits per heavy atom. The number of hydrogen-bond donors (Lipinski definition) is 0. The van der Waals surface area contributed by atoms with E-state index in [1.54, 1.807) is 0 Å². The summed E-state index contributed by atoms with van der Waals surface area (Å²) in [6, 6.07) is 0. The van der Waals surface area contributed by atoms with E-state index in [0.717, 1.165) is 122 Å². The monoisotopic (exact) mass is 1230 g/mol. The molecule has 0 radical (unpaired) electrons. The molecule has 0 heterocycles. The summed E-state index contributed by atoms with van der Waals surface area (Å²) in [6.45, 7) is 4.11. The molecule has 0 fully saturated rings. The van der Waals surface area contributed by atoms with Crippen LogP contribution in [0.25, 0.3) is 0 Å². The maximum atomic E-state index is 12.8. The molecule has 0 spiro atoms. The number of rotatable bonds is 63. The van der Waals surface area contributed by atoms with Gasteiger partial charge in [-0.1, -0.05) is 307 Å². The summed E-state index contributed by atoms with van der Waals surface area (Å²) >= 11 is 0. The van der Waals surface area contributed by atoms with Crippen LogP contribution in [-0.2, 0) is 32.7 Å². The van der Waals surface area contributed by atoms with Crippen molar-refractivity contribution >= 4 is 19.8 Å². The number of phosphoric acid groups is 1. The van der Waals surface area contributed by atoms with Gasteiger partial charge in [-0.3, -0.25) is 14.2 Å². The highest BCUT2D eigenvalue weighted by molar-refractivity contribution is 7.45. The van der Waals surface area contributed by atoms with E-state index in [4.69, 9.17) is 18.5 Å². The fourth-order valence-corrected chi connectivity index (χ4v) is 10.0. The molecule has 0 amide bonds. The van der Waals surface area contributed by atoms with E-state index in [9.17, 15) is 19.0 Å². The molecule has 0 aliphatic rings. The van der Waals surface area contributed by atoms with Crippen LogP contribution >= 0.6 is 7.82 Å². The van der Waals surface area contributed by atoms with Gasteiger partial charge in [0.1, 0.15) is 19.8 Å². The van der Waals surface area contributed by atoms with Gasteiger partial charge < -0.3 is 27.9 Å². The van der Waals surface area contributed by atoms with E-state index in [1.165, 1.54) is 122 Å². The van der Waals surface area contributed by atoms with Gasteiger partial charge in [-0.15, -0.1) is 0 Å². The van der Waals surface area contributed by atoms with Crippen LogP contribution in [0.4, 0.5) is 0 Å². The third kappa shape index (κ3) is 70.8. The number of ether oxygens (including phenoxy) is 2. The molecule has 0 rings (SSSR count). The van der Waals surface area contributed by atoms with Gasteiger partial charge in [0, 0.05) is 12.8 Å². The second-order valence-electron chi connectivity index (χ2n) is 24.2. The minimum atomic E-state index is -4.66. The molecule has 496 valence electrons. The Balaban J connectivity index is 4.16. The van der Waals surface area contributed by atoms with Gasteiger partial charge in [0.05, 0.1) is 27.7 Å². The molecule has 0 saturated carbocycles.